The molecule has 0 aliphatic carbocycles. The highest BCUT2D eigenvalue weighted by Gasteiger charge is 2.36. The smallest absolute Gasteiger partial charge is 0.327 e. The standard InChI is InChI=1S/C29H32BrNO3/c1-29(2,3)34-28(33)26(30)27(32)25(19-22-13-7-4-8-14-22)31(20-23-15-9-5-10-16-23)21-24-17-11-6-12-18-24/h4-18,25-26H,19-21H2,1-3H3/t25-,26?/m0/s1. The van der Waals surface area contributed by atoms with E-state index in [-0.39, 0.29) is 5.78 Å². The van der Waals surface area contributed by atoms with Crippen LogP contribution in [-0.2, 0) is 33.8 Å². The molecule has 0 aromatic heterocycles. The van der Waals surface area contributed by atoms with Crippen molar-refractivity contribution in [3.8, 4) is 0 Å². The molecule has 0 radical (unpaired) electrons. The summed E-state index contributed by atoms with van der Waals surface area (Å²) in [5, 5.41) is 0. The Morgan fingerprint density at radius 3 is 1.59 bits per heavy atom. The molecule has 5 heteroatoms. The average Bonchev–Trinajstić information content (AvgIpc) is 2.82. The van der Waals surface area contributed by atoms with Crippen molar-refractivity contribution in [3.05, 3.63) is 108 Å². The van der Waals surface area contributed by atoms with Gasteiger partial charge >= 0.3 is 5.97 Å². The second-order valence-electron chi connectivity index (χ2n) is 9.38. The first-order valence-electron chi connectivity index (χ1n) is 11.5. The van der Waals surface area contributed by atoms with Crippen molar-refractivity contribution in [2.45, 2.75) is 56.8 Å². The number of benzene rings is 3. The van der Waals surface area contributed by atoms with Crippen molar-refractivity contribution in [3.63, 3.8) is 0 Å². The molecule has 3 aromatic carbocycles. The molecule has 0 N–H and O–H groups in total. The molecule has 0 saturated heterocycles. The SMILES string of the molecule is CC(C)(C)OC(=O)C(Br)C(=O)[C@H](Cc1ccccc1)N(Cc1ccccc1)Cc1ccccc1. The number of hydrogen-bond acceptors (Lipinski definition) is 4. The van der Waals surface area contributed by atoms with E-state index in [4.69, 9.17) is 4.74 Å². The van der Waals surface area contributed by atoms with Gasteiger partial charge in [-0.15, -0.1) is 0 Å². The van der Waals surface area contributed by atoms with Crippen LogP contribution in [0.15, 0.2) is 91.0 Å². The van der Waals surface area contributed by atoms with Gasteiger partial charge in [-0.2, -0.15) is 0 Å². The van der Waals surface area contributed by atoms with Gasteiger partial charge in [-0.05, 0) is 43.9 Å². The molecule has 34 heavy (non-hydrogen) atoms. The lowest BCUT2D eigenvalue weighted by atomic mass is 9.97. The summed E-state index contributed by atoms with van der Waals surface area (Å²) in [6.45, 7) is 6.55. The number of carbonyl (C=O) groups excluding carboxylic acids is 2. The Morgan fingerprint density at radius 1 is 0.765 bits per heavy atom. The van der Waals surface area contributed by atoms with E-state index in [0.29, 0.717) is 19.5 Å². The lowest BCUT2D eigenvalue weighted by Gasteiger charge is -2.32. The maximum atomic E-state index is 13.8. The zero-order valence-electron chi connectivity index (χ0n) is 20.0. The molecule has 3 aromatic rings. The minimum Gasteiger partial charge on any atom is -0.459 e. The van der Waals surface area contributed by atoms with Gasteiger partial charge in [0.25, 0.3) is 0 Å². The summed E-state index contributed by atoms with van der Waals surface area (Å²) >= 11 is 3.36. The topological polar surface area (TPSA) is 46.6 Å². The van der Waals surface area contributed by atoms with Crippen molar-refractivity contribution in [2.75, 3.05) is 0 Å². The van der Waals surface area contributed by atoms with E-state index in [1.165, 1.54) is 0 Å². The maximum absolute atomic E-state index is 13.8. The first-order chi connectivity index (χ1) is 16.2. The summed E-state index contributed by atoms with van der Waals surface area (Å²) in [7, 11) is 0. The molecular formula is C29H32BrNO3. The number of Topliss-reactive ketones (excluding diaryl/α,β-unsaturated/α-hetero) is 1. The van der Waals surface area contributed by atoms with Crippen LogP contribution in [0.4, 0.5) is 0 Å². The van der Waals surface area contributed by atoms with Gasteiger partial charge in [-0.3, -0.25) is 14.5 Å². The Balaban J connectivity index is 1.96. The van der Waals surface area contributed by atoms with Crippen molar-refractivity contribution in [1.82, 2.24) is 4.90 Å². The van der Waals surface area contributed by atoms with E-state index in [2.05, 4.69) is 45.1 Å². The van der Waals surface area contributed by atoms with Crippen molar-refractivity contribution >= 4 is 27.7 Å². The van der Waals surface area contributed by atoms with Gasteiger partial charge in [-0.1, -0.05) is 107 Å². The first kappa shape index (κ1) is 25.9. The Morgan fingerprint density at radius 2 is 1.18 bits per heavy atom. The van der Waals surface area contributed by atoms with Gasteiger partial charge in [0, 0.05) is 13.1 Å². The zero-order chi connectivity index (χ0) is 24.6. The lowest BCUT2D eigenvalue weighted by Crippen LogP contribution is -2.47. The predicted molar refractivity (Wildman–Crippen MR) is 140 cm³/mol. The summed E-state index contributed by atoms with van der Waals surface area (Å²) in [4.78, 5) is 27.7. The molecule has 3 rings (SSSR count). The zero-order valence-corrected chi connectivity index (χ0v) is 21.6. The Bertz CT molecular complexity index is 1010. The molecule has 0 amide bonds. The minimum absolute atomic E-state index is 0.204. The van der Waals surface area contributed by atoms with Crippen LogP contribution in [0.3, 0.4) is 0 Å². The summed E-state index contributed by atoms with van der Waals surface area (Å²) < 4.78 is 5.51. The lowest BCUT2D eigenvalue weighted by molar-refractivity contribution is -0.155. The van der Waals surface area contributed by atoms with E-state index in [0.717, 1.165) is 16.7 Å². The summed E-state index contributed by atoms with van der Waals surface area (Å²) in [6, 6.07) is 29.6. The molecule has 4 nitrogen and oxygen atoms in total. The molecule has 0 aliphatic rings. The highest BCUT2D eigenvalue weighted by molar-refractivity contribution is 9.10. The van der Waals surface area contributed by atoms with Crippen molar-refractivity contribution in [2.24, 2.45) is 0 Å². The Labute approximate surface area is 211 Å². The van der Waals surface area contributed by atoms with Gasteiger partial charge < -0.3 is 4.74 Å². The van der Waals surface area contributed by atoms with Crippen LogP contribution in [0.5, 0.6) is 0 Å². The normalized spacial score (nSPS) is 13.3. The van der Waals surface area contributed by atoms with Crippen LogP contribution < -0.4 is 0 Å². The first-order valence-corrected chi connectivity index (χ1v) is 12.4. The second-order valence-corrected chi connectivity index (χ2v) is 10.3. The van der Waals surface area contributed by atoms with Crippen LogP contribution in [0.1, 0.15) is 37.5 Å². The van der Waals surface area contributed by atoms with Gasteiger partial charge in [0.2, 0.25) is 0 Å². The summed E-state index contributed by atoms with van der Waals surface area (Å²) in [5.74, 6) is -0.764. The van der Waals surface area contributed by atoms with Crippen molar-refractivity contribution in [1.29, 1.82) is 0 Å². The van der Waals surface area contributed by atoms with E-state index in [9.17, 15) is 9.59 Å². The third-order valence-corrected chi connectivity index (χ3v) is 6.19. The van der Waals surface area contributed by atoms with Crippen molar-refractivity contribution < 1.29 is 14.3 Å². The number of ether oxygens (including phenoxy) is 1. The number of halogens is 1. The van der Waals surface area contributed by atoms with Crippen LogP contribution in [0.25, 0.3) is 0 Å². The molecular weight excluding hydrogens is 490 g/mol. The fourth-order valence-corrected chi connectivity index (χ4v) is 4.20. The van der Waals surface area contributed by atoms with Crippen LogP contribution >= 0.6 is 15.9 Å². The fraction of sp³-hybridized carbons (Fsp3) is 0.310. The number of esters is 1. The monoisotopic (exact) mass is 521 g/mol. The third-order valence-electron chi connectivity index (χ3n) is 5.36. The molecule has 1 unspecified atom stereocenters. The van der Waals surface area contributed by atoms with Crippen LogP contribution in [0, 0.1) is 0 Å². The average molecular weight is 522 g/mol. The maximum Gasteiger partial charge on any atom is 0.327 e. The van der Waals surface area contributed by atoms with E-state index in [1.807, 2.05) is 66.7 Å². The van der Waals surface area contributed by atoms with E-state index >= 15 is 0 Å². The van der Waals surface area contributed by atoms with Gasteiger partial charge in [0.1, 0.15) is 5.60 Å². The minimum atomic E-state index is -1.05. The Kier molecular flexibility index (Phi) is 9.20. The van der Waals surface area contributed by atoms with Crippen LogP contribution in [-0.4, -0.2) is 33.1 Å². The molecule has 0 heterocycles. The van der Waals surface area contributed by atoms with Gasteiger partial charge in [0.15, 0.2) is 10.6 Å². The molecule has 0 spiro atoms. The van der Waals surface area contributed by atoms with Gasteiger partial charge in [-0.25, -0.2) is 0 Å². The largest absolute Gasteiger partial charge is 0.459 e. The second kappa shape index (κ2) is 12.1. The Hall–Kier alpha value is -2.76. The number of ketones is 1. The predicted octanol–water partition coefficient (Wildman–Crippen LogP) is 5.97. The number of hydrogen-bond donors (Lipinski definition) is 0. The van der Waals surface area contributed by atoms with E-state index < -0.39 is 22.4 Å². The van der Waals surface area contributed by atoms with Gasteiger partial charge in [0.05, 0.1) is 6.04 Å². The fourth-order valence-electron chi connectivity index (χ4n) is 3.80. The quantitative estimate of drug-likeness (QED) is 0.187. The molecule has 0 fully saturated rings. The molecule has 178 valence electrons. The molecule has 0 saturated carbocycles. The number of carbonyl (C=O) groups is 2. The molecule has 0 aliphatic heterocycles. The molecule has 0 bridgehead atoms. The number of nitrogens with zero attached hydrogens (tertiary/aromatic N) is 1. The summed E-state index contributed by atoms with van der Waals surface area (Å²) in [5.41, 5.74) is 2.57. The molecule has 2 atom stereocenters. The van der Waals surface area contributed by atoms with Crippen LogP contribution in [0.2, 0.25) is 0 Å². The van der Waals surface area contributed by atoms with E-state index in [1.54, 1.807) is 20.8 Å². The highest BCUT2D eigenvalue weighted by atomic mass is 79.9. The summed E-state index contributed by atoms with van der Waals surface area (Å²) in [6.07, 6.45) is 0.490. The number of alkyl halides is 1. The third kappa shape index (κ3) is 7.93. The number of rotatable bonds is 10. The highest BCUT2D eigenvalue weighted by Crippen LogP contribution is 2.22.